The second-order valence-corrected chi connectivity index (χ2v) is 5.97. The van der Waals surface area contributed by atoms with E-state index >= 15 is 0 Å². The lowest BCUT2D eigenvalue weighted by molar-refractivity contribution is -0.131. The molecule has 0 aliphatic carbocycles. The van der Waals surface area contributed by atoms with Crippen molar-refractivity contribution in [2.24, 2.45) is 11.1 Å². The second kappa shape index (κ2) is 6.75. The van der Waals surface area contributed by atoms with Gasteiger partial charge in [0.2, 0.25) is 5.91 Å². The van der Waals surface area contributed by atoms with E-state index in [9.17, 15) is 4.79 Å². The predicted molar refractivity (Wildman–Crippen MR) is 76.6 cm³/mol. The van der Waals surface area contributed by atoms with Crippen LogP contribution in [0, 0.1) is 12.3 Å². The van der Waals surface area contributed by atoms with E-state index in [0.717, 1.165) is 24.4 Å². The van der Waals surface area contributed by atoms with E-state index in [1.807, 2.05) is 26.1 Å². The maximum absolute atomic E-state index is 12.1. The number of nitrogens with two attached hydrogens (primary N) is 1. The largest absolute Gasteiger partial charge is 0.464 e. The molecule has 1 amide bonds. The molecule has 0 spiro atoms. The third kappa shape index (κ3) is 5.47. The Kier molecular flexibility index (Phi) is 5.60. The standard InChI is InChI=1S/C15H26N2O2/c1-12-5-6-13(19-12)11-17(4)14(18)7-8-15(2,3)9-10-16/h5-6H,7-11,16H2,1-4H3. The van der Waals surface area contributed by atoms with Gasteiger partial charge in [0.25, 0.3) is 0 Å². The molecule has 0 unspecified atom stereocenters. The molecule has 2 N–H and O–H groups in total. The Hall–Kier alpha value is -1.29. The highest BCUT2D eigenvalue weighted by atomic mass is 16.3. The molecule has 0 aliphatic heterocycles. The van der Waals surface area contributed by atoms with E-state index in [1.165, 1.54) is 0 Å². The first kappa shape index (κ1) is 15.8. The predicted octanol–water partition coefficient (Wildman–Crippen LogP) is 2.70. The molecule has 19 heavy (non-hydrogen) atoms. The maximum atomic E-state index is 12.1. The Bertz CT molecular complexity index is 410. The van der Waals surface area contributed by atoms with Gasteiger partial charge in [0.1, 0.15) is 11.5 Å². The van der Waals surface area contributed by atoms with Crippen LogP contribution in [0.15, 0.2) is 16.5 Å². The highest BCUT2D eigenvalue weighted by Crippen LogP contribution is 2.26. The van der Waals surface area contributed by atoms with Gasteiger partial charge in [-0.15, -0.1) is 0 Å². The summed E-state index contributed by atoms with van der Waals surface area (Å²) in [5, 5.41) is 0. The minimum absolute atomic E-state index is 0.131. The van der Waals surface area contributed by atoms with E-state index in [2.05, 4.69) is 13.8 Å². The topological polar surface area (TPSA) is 59.5 Å². The number of nitrogens with zero attached hydrogens (tertiary/aromatic N) is 1. The van der Waals surface area contributed by atoms with Gasteiger partial charge in [0, 0.05) is 13.5 Å². The van der Waals surface area contributed by atoms with Crippen molar-refractivity contribution in [3.63, 3.8) is 0 Å². The number of amides is 1. The molecule has 0 atom stereocenters. The Morgan fingerprint density at radius 2 is 2.05 bits per heavy atom. The SMILES string of the molecule is Cc1ccc(CN(C)C(=O)CCC(C)(C)CCN)o1. The number of hydrogen-bond donors (Lipinski definition) is 1. The lowest BCUT2D eigenvalue weighted by atomic mass is 9.84. The summed E-state index contributed by atoms with van der Waals surface area (Å²) in [6.07, 6.45) is 2.37. The fraction of sp³-hybridized carbons (Fsp3) is 0.667. The lowest BCUT2D eigenvalue weighted by Crippen LogP contribution is -2.28. The Balaban J connectivity index is 2.40. The summed E-state index contributed by atoms with van der Waals surface area (Å²) in [7, 11) is 1.82. The van der Waals surface area contributed by atoms with E-state index in [-0.39, 0.29) is 11.3 Å². The monoisotopic (exact) mass is 266 g/mol. The van der Waals surface area contributed by atoms with E-state index in [1.54, 1.807) is 4.90 Å². The molecule has 108 valence electrons. The first-order valence-corrected chi connectivity index (χ1v) is 6.83. The van der Waals surface area contributed by atoms with Crippen LogP contribution in [0.4, 0.5) is 0 Å². The number of carbonyl (C=O) groups excluding carboxylic acids is 1. The van der Waals surface area contributed by atoms with Gasteiger partial charge in [0.15, 0.2) is 0 Å². The number of hydrogen-bond acceptors (Lipinski definition) is 3. The van der Waals surface area contributed by atoms with Crippen LogP contribution >= 0.6 is 0 Å². The van der Waals surface area contributed by atoms with Gasteiger partial charge < -0.3 is 15.1 Å². The average molecular weight is 266 g/mol. The fourth-order valence-corrected chi connectivity index (χ4v) is 2.04. The molecule has 0 aliphatic rings. The summed E-state index contributed by atoms with van der Waals surface area (Å²) in [4.78, 5) is 13.8. The van der Waals surface area contributed by atoms with Crippen LogP contribution in [0.1, 0.15) is 44.6 Å². The molecule has 0 bridgehead atoms. The number of aryl methyl sites for hydroxylation is 1. The summed E-state index contributed by atoms with van der Waals surface area (Å²) in [6.45, 7) is 7.42. The van der Waals surface area contributed by atoms with Crippen LogP contribution in [0.2, 0.25) is 0 Å². The molecular weight excluding hydrogens is 240 g/mol. The molecular formula is C15H26N2O2. The van der Waals surface area contributed by atoms with Crippen LogP contribution in [-0.2, 0) is 11.3 Å². The Morgan fingerprint density at radius 1 is 1.37 bits per heavy atom. The summed E-state index contributed by atoms with van der Waals surface area (Å²) in [6, 6.07) is 3.83. The lowest BCUT2D eigenvalue weighted by Gasteiger charge is -2.25. The summed E-state index contributed by atoms with van der Waals surface area (Å²) in [5.74, 6) is 1.86. The molecule has 4 nitrogen and oxygen atoms in total. The van der Waals surface area contributed by atoms with Crippen LogP contribution in [0.25, 0.3) is 0 Å². The molecule has 1 aromatic rings. The van der Waals surface area contributed by atoms with E-state index < -0.39 is 0 Å². The Morgan fingerprint density at radius 3 is 2.58 bits per heavy atom. The van der Waals surface area contributed by atoms with Gasteiger partial charge in [-0.2, -0.15) is 0 Å². The van der Waals surface area contributed by atoms with Crippen LogP contribution in [0.3, 0.4) is 0 Å². The quantitative estimate of drug-likeness (QED) is 0.825. The van der Waals surface area contributed by atoms with Gasteiger partial charge in [-0.05, 0) is 43.9 Å². The minimum Gasteiger partial charge on any atom is -0.464 e. The third-order valence-electron chi connectivity index (χ3n) is 3.45. The van der Waals surface area contributed by atoms with Gasteiger partial charge >= 0.3 is 0 Å². The van der Waals surface area contributed by atoms with Crippen molar-refractivity contribution in [2.45, 2.75) is 46.6 Å². The van der Waals surface area contributed by atoms with Crippen molar-refractivity contribution in [3.8, 4) is 0 Å². The van der Waals surface area contributed by atoms with Gasteiger partial charge in [-0.1, -0.05) is 13.8 Å². The number of furan rings is 1. The maximum Gasteiger partial charge on any atom is 0.222 e. The first-order chi connectivity index (χ1) is 8.84. The highest BCUT2D eigenvalue weighted by Gasteiger charge is 2.20. The van der Waals surface area contributed by atoms with Crippen LogP contribution in [-0.4, -0.2) is 24.4 Å². The zero-order valence-electron chi connectivity index (χ0n) is 12.5. The molecule has 0 radical (unpaired) electrons. The van der Waals surface area contributed by atoms with Gasteiger partial charge in [-0.3, -0.25) is 4.79 Å². The summed E-state index contributed by atoms with van der Waals surface area (Å²) >= 11 is 0. The van der Waals surface area contributed by atoms with E-state index in [0.29, 0.717) is 19.5 Å². The number of rotatable bonds is 7. The molecule has 1 rings (SSSR count). The van der Waals surface area contributed by atoms with Crippen LogP contribution < -0.4 is 5.73 Å². The van der Waals surface area contributed by atoms with Gasteiger partial charge in [0.05, 0.1) is 6.54 Å². The van der Waals surface area contributed by atoms with Crippen LogP contribution in [0.5, 0.6) is 0 Å². The molecule has 0 saturated heterocycles. The molecule has 1 aromatic heterocycles. The minimum atomic E-state index is 0.131. The smallest absolute Gasteiger partial charge is 0.222 e. The summed E-state index contributed by atoms with van der Waals surface area (Å²) in [5.41, 5.74) is 5.71. The molecule has 4 heteroatoms. The second-order valence-electron chi connectivity index (χ2n) is 5.97. The molecule has 0 saturated carbocycles. The third-order valence-corrected chi connectivity index (χ3v) is 3.45. The molecule has 0 fully saturated rings. The zero-order valence-corrected chi connectivity index (χ0v) is 12.5. The fourth-order valence-electron chi connectivity index (χ4n) is 2.04. The summed E-state index contributed by atoms with van der Waals surface area (Å²) < 4.78 is 5.48. The number of carbonyl (C=O) groups is 1. The van der Waals surface area contributed by atoms with Crippen molar-refractivity contribution >= 4 is 5.91 Å². The Labute approximate surface area is 116 Å². The van der Waals surface area contributed by atoms with Crippen molar-refractivity contribution in [3.05, 3.63) is 23.7 Å². The highest BCUT2D eigenvalue weighted by molar-refractivity contribution is 5.75. The van der Waals surface area contributed by atoms with Crippen molar-refractivity contribution in [2.75, 3.05) is 13.6 Å². The zero-order chi connectivity index (χ0) is 14.5. The molecule has 0 aromatic carbocycles. The average Bonchev–Trinajstić information content (AvgIpc) is 2.71. The van der Waals surface area contributed by atoms with Crippen molar-refractivity contribution in [1.82, 2.24) is 4.90 Å². The first-order valence-electron chi connectivity index (χ1n) is 6.83. The van der Waals surface area contributed by atoms with E-state index in [4.69, 9.17) is 10.2 Å². The normalized spacial score (nSPS) is 11.6. The van der Waals surface area contributed by atoms with Crippen molar-refractivity contribution < 1.29 is 9.21 Å². The van der Waals surface area contributed by atoms with Crippen molar-refractivity contribution in [1.29, 1.82) is 0 Å². The molecule has 1 heterocycles. The van der Waals surface area contributed by atoms with Gasteiger partial charge in [-0.25, -0.2) is 0 Å².